The Morgan fingerprint density at radius 3 is 2.50 bits per heavy atom. The number of ketones is 1. The summed E-state index contributed by atoms with van der Waals surface area (Å²) in [7, 11) is 3.74. The van der Waals surface area contributed by atoms with E-state index in [-0.39, 0.29) is 29.7 Å². The summed E-state index contributed by atoms with van der Waals surface area (Å²) in [6.07, 6.45) is 3.81. The number of methoxy groups -OCH3 is 1. The van der Waals surface area contributed by atoms with Gasteiger partial charge in [0, 0.05) is 23.8 Å². The summed E-state index contributed by atoms with van der Waals surface area (Å²) in [5, 5.41) is 3.79. The number of carbonyl (C=O) groups is 1. The van der Waals surface area contributed by atoms with Crippen LogP contribution in [0.4, 0.5) is 15.9 Å². The molecule has 1 atom stereocenters. The lowest BCUT2D eigenvalue weighted by atomic mass is 9.83. The summed E-state index contributed by atoms with van der Waals surface area (Å²) in [5.74, 6) is 1.65. The van der Waals surface area contributed by atoms with Crippen LogP contribution in [0.25, 0.3) is 10.9 Å². The molecule has 0 amide bonds. The largest absolute Gasteiger partial charge is 0.493 e. The van der Waals surface area contributed by atoms with Gasteiger partial charge in [0.25, 0.3) is 0 Å². The number of Topliss-reactive ketones (excluding diaryl/α,β-unsaturated/α-hetero) is 1. The number of carbonyl (C=O) groups excluding carboxylic acids is 1. The van der Waals surface area contributed by atoms with Crippen molar-refractivity contribution in [1.29, 1.82) is 0 Å². The van der Waals surface area contributed by atoms with Crippen molar-refractivity contribution in [2.24, 2.45) is 11.8 Å². The van der Waals surface area contributed by atoms with Crippen LogP contribution in [-0.4, -0.2) is 54.5 Å². The molecule has 2 heterocycles. The van der Waals surface area contributed by atoms with Crippen LogP contribution >= 0.6 is 0 Å². The molecule has 1 unspecified atom stereocenters. The van der Waals surface area contributed by atoms with Gasteiger partial charge in [0.15, 0.2) is 11.5 Å². The number of rotatable bonds is 11. The molecule has 220 valence electrons. The molecule has 5 rings (SSSR count). The number of aromatic nitrogens is 2. The maximum absolute atomic E-state index is 15.3. The number of fused-ring (bicyclic) bond motifs is 1. The van der Waals surface area contributed by atoms with E-state index in [1.165, 1.54) is 12.4 Å². The summed E-state index contributed by atoms with van der Waals surface area (Å²) in [5.41, 5.74) is 2.54. The molecule has 4 aromatic rings. The number of likely N-dealkylation sites (tertiary alicyclic amines) is 1. The van der Waals surface area contributed by atoms with Crippen LogP contribution in [0.15, 0.2) is 67.0 Å². The molecule has 1 aliphatic rings. The Bertz CT molecular complexity index is 1520. The first-order valence-corrected chi connectivity index (χ1v) is 14.6. The molecule has 8 heteroatoms. The molecule has 0 spiro atoms. The topological polar surface area (TPSA) is 76.6 Å². The molecule has 0 bridgehead atoms. The van der Waals surface area contributed by atoms with Crippen molar-refractivity contribution in [2.45, 2.75) is 39.0 Å². The van der Waals surface area contributed by atoms with Crippen molar-refractivity contribution >= 4 is 28.2 Å². The molecule has 1 fully saturated rings. The molecular weight excluding hydrogens is 531 g/mol. The van der Waals surface area contributed by atoms with E-state index in [0.29, 0.717) is 46.3 Å². The predicted octanol–water partition coefficient (Wildman–Crippen LogP) is 6.79. The normalized spacial score (nSPS) is 15.1. The Hall–Kier alpha value is -4.04. The SMILES string of the molecule is COc1cc2c(Nc3ccc(CC(=O)C(c4ccccc4)C(C)C)cc3F)ncnc2cc1OCC1CCN(C)CC1. The van der Waals surface area contributed by atoms with Crippen LogP contribution in [0.3, 0.4) is 0 Å². The van der Waals surface area contributed by atoms with Crippen molar-refractivity contribution in [3.05, 3.63) is 83.9 Å². The van der Waals surface area contributed by atoms with E-state index in [9.17, 15) is 4.79 Å². The first kappa shape index (κ1) is 29.5. The van der Waals surface area contributed by atoms with Crippen LogP contribution in [0.5, 0.6) is 11.5 Å². The van der Waals surface area contributed by atoms with Crippen LogP contribution in [-0.2, 0) is 11.2 Å². The zero-order chi connectivity index (χ0) is 29.6. The number of anilines is 2. The van der Waals surface area contributed by atoms with Gasteiger partial charge in [-0.1, -0.05) is 50.2 Å². The number of halogens is 1. The van der Waals surface area contributed by atoms with E-state index in [1.807, 2.05) is 56.3 Å². The maximum atomic E-state index is 15.3. The van der Waals surface area contributed by atoms with E-state index in [2.05, 4.69) is 27.2 Å². The zero-order valence-corrected chi connectivity index (χ0v) is 24.8. The zero-order valence-electron chi connectivity index (χ0n) is 24.8. The van der Waals surface area contributed by atoms with Crippen molar-refractivity contribution in [3.63, 3.8) is 0 Å². The van der Waals surface area contributed by atoms with Crippen molar-refractivity contribution < 1.29 is 18.7 Å². The van der Waals surface area contributed by atoms with Crippen molar-refractivity contribution in [3.8, 4) is 11.5 Å². The molecule has 3 aromatic carbocycles. The van der Waals surface area contributed by atoms with Crippen LogP contribution in [0.2, 0.25) is 0 Å². The van der Waals surface area contributed by atoms with Gasteiger partial charge in [0.1, 0.15) is 23.7 Å². The lowest BCUT2D eigenvalue weighted by molar-refractivity contribution is -0.120. The lowest BCUT2D eigenvalue weighted by Crippen LogP contribution is -2.32. The number of nitrogens with one attached hydrogen (secondary N) is 1. The summed E-state index contributed by atoms with van der Waals surface area (Å²) in [6.45, 7) is 6.84. The van der Waals surface area contributed by atoms with Gasteiger partial charge >= 0.3 is 0 Å². The van der Waals surface area contributed by atoms with Gasteiger partial charge in [-0.2, -0.15) is 0 Å². The minimum absolute atomic E-state index is 0.0686. The monoisotopic (exact) mass is 570 g/mol. The lowest BCUT2D eigenvalue weighted by Gasteiger charge is -2.28. The third kappa shape index (κ3) is 6.87. The number of ether oxygens (including phenoxy) is 2. The van der Waals surface area contributed by atoms with Gasteiger partial charge in [-0.05, 0) is 74.1 Å². The first-order chi connectivity index (χ1) is 20.3. The average molecular weight is 571 g/mol. The van der Waals surface area contributed by atoms with Crippen molar-refractivity contribution in [1.82, 2.24) is 14.9 Å². The molecular formula is C34H39FN4O3. The summed E-state index contributed by atoms with van der Waals surface area (Å²) >= 11 is 0. The highest BCUT2D eigenvalue weighted by Gasteiger charge is 2.24. The first-order valence-electron chi connectivity index (χ1n) is 14.6. The summed E-state index contributed by atoms with van der Waals surface area (Å²) in [6, 6.07) is 18.3. The minimum atomic E-state index is -0.460. The minimum Gasteiger partial charge on any atom is -0.493 e. The smallest absolute Gasteiger partial charge is 0.163 e. The predicted molar refractivity (Wildman–Crippen MR) is 164 cm³/mol. The molecule has 1 aromatic heterocycles. The van der Waals surface area contributed by atoms with Crippen LogP contribution in [0, 0.1) is 17.7 Å². The Kier molecular flexibility index (Phi) is 9.32. The molecule has 0 aliphatic carbocycles. The molecule has 1 N–H and O–H groups in total. The highest BCUT2D eigenvalue weighted by Crippen LogP contribution is 2.36. The van der Waals surface area contributed by atoms with Crippen LogP contribution < -0.4 is 14.8 Å². The van der Waals surface area contributed by atoms with Gasteiger partial charge in [0.2, 0.25) is 0 Å². The fourth-order valence-corrected chi connectivity index (χ4v) is 5.68. The molecule has 7 nitrogen and oxygen atoms in total. The number of nitrogens with zero attached hydrogens (tertiary/aromatic N) is 3. The number of benzene rings is 3. The van der Waals surface area contributed by atoms with Crippen LogP contribution in [0.1, 0.15) is 43.7 Å². The Morgan fingerprint density at radius 2 is 1.81 bits per heavy atom. The van der Waals surface area contributed by atoms with E-state index in [1.54, 1.807) is 19.2 Å². The molecule has 42 heavy (non-hydrogen) atoms. The number of hydrogen-bond acceptors (Lipinski definition) is 7. The fourth-order valence-electron chi connectivity index (χ4n) is 5.68. The molecule has 0 saturated carbocycles. The van der Waals surface area contributed by atoms with Gasteiger partial charge in [-0.25, -0.2) is 14.4 Å². The van der Waals surface area contributed by atoms with Gasteiger partial charge < -0.3 is 19.7 Å². The van der Waals surface area contributed by atoms with E-state index >= 15 is 4.39 Å². The Balaban J connectivity index is 1.31. The second-order valence-electron chi connectivity index (χ2n) is 11.5. The fraction of sp³-hybridized carbons (Fsp3) is 0.382. The van der Waals surface area contributed by atoms with E-state index in [0.717, 1.165) is 31.5 Å². The third-order valence-corrected chi connectivity index (χ3v) is 8.07. The number of hydrogen-bond donors (Lipinski definition) is 1. The molecule has 0 radical (unpaired) electrons. The Labute approximate surface area is 247 Å². The highest BCUT2D eigenvalue weighted by molar-refractivity contribution is 5.93. The second-order valence-corrected chi connectivity index (χ2v) is 11.5. The number of piperidine rings is 1. The van der Waals surface area contributed by atoms with E-state index in [4.69, 9.17) is 9.47 Å². The quantitative estimate of drug-likeness (QED) is 0.213. The summed E-state index contributed by atoms with van der Waals surface area (Å²) in [4.78, 5) is 24.4. The van der Waals surface area contributed by atoms with Crippen molar-refractivity contribution in [2.75, 3.05) is 39.2 Å². The third-order valence-electron chi connectivity index (χ3n) is 8.07. The van der Waals surface area contributed by atoms with Gasteiger partial charge in [0.05, 0.1) is 24.9 Å². The van der Waals surface area contributed by atoms with Gasteiger partial charge in [-0.15, -0.1) is 0 Å². The van der Waals surface area contributed by atoms with E-state index < -0.39 is 5.82 Å². The highest BCUT2D eigenvalue weighted by atomic mass is 19.1. The molecule has 1 aliphatic heterocycles. The second kappa shape index (κ2) is 13.3. The maximum Gasteiger partial charge on any atom is 0.163 e. The molecule has 1 saturated heterocycles. The van der Waals surface area contributed by atoms with Gasteiger partial charge in [-0.3, -0.25) is 4.79 Å². The summed E-state index contributed by atoms with van der Waals surface area (Å²) < 4.78 is 27.1. The Morgan fingerprint density at radius 1 is 1.05 bits per heavy atom. The average Bonchev–Trinajstić information content (AvgIpc) is 2.98. The standard InChI is InChI=1S/C34H39FN4O3/c1-22(2)33(25-8-6-5-7-9-25)30(40)17-24-10-11-28(27(35)16-24)38-34-26-18-31(41-4)32(19-29(26)36-21-37-34)42-20-23-12-14-39(3)15-13-23/h5-11,16,18-19,21-23,33H,12-15,17,20H2,1-4H3,(H,36,37,38).